The van der Waals surface area contributed by atoms with Crippen molar-refractivity contribution in [1.29, 1.82) is 0 Å². The second-order valence-electron chi connectivity index (χ2n) is 8.24. The monoisotopic (exact) mass is 497 g/mol. The molecule has 1 fully saturated rings. The molecule has 0 bridgehead atoms. The number of aromatic nitrogens is 1. The molecule has 1 aliphatic rings. The highest BCUT2D eigenvalue weighted by molar-refractivity contribution is 8.26. The Hall–Kier alpha value is -2.97. The van der Waals surface area contributed by atoms with Gasteiger partial charge in [-0.3, -0.25) is 9.78 Å². The third-order valence-electron chi connectivity index (χ3n) is 4.30. The van der Waals surface area contributed by atoms with E-state index < -0.39 is 15.6 Å². The third kappa shape index (κ3) is 5.51. The number of hydrogen-bond donors (Lipinski definition) is 2. The molecule has 3 aromatic rings. The van der Waals surface area contributed by atoms with E-state index in [0.29, 0.717) is 31.7 Å². The number of nitrogens with zero attached hydrogens (tertiary/aromatic N) is 1. The topological polar surface area (TPSA) is 101 Å². The number of fused-ring (bicyclic) bond motifs is 1. The van der Waals surface area contributed by atoms with Crippen LogP contribution in [-0.2, 0) is 14.8 Å². The Morgan fingerprint density at radius 1 is 1.18 bits per heavy atom. The van der Waals surface area contributed by atoms with Crippen molar-refractivity contribution in [3.63, 3.8) is 0 Å². The van der Waals surface area contributed by atoms with Crippen LogP contribution in [0.25, 0.3) is 17.0 Å². The first-order valence-corrected chi connectivity index (χ1v) is 12.5. The quantitative estimate of drug-likeness (QED) is 0.322. The van der Waals surface area contributed by atoms with Crippen LogP contribution >= 0.6 is 24.0 Å². The van der Waals surface area contributed by atoms with Gasteiger partial charge in [0.25, 0.3) is 5.91 Å². The van der Waals surface area contributed by atoms with Crippen LogP contribution in [0.2, 0.25) is 0 Å². The van der Waals surface area contributed by atoms with Crippen LogP contribution in [0.4, 0.5) is 0 Å². The number of nitrogens with one attached hydrogen (secondary N) is 2. The molecule has 10 heteroatoms. The molecule has 1 amide bonds. The van der Waals surface area contributed by atoms with E-state index in [-0.39, 0.29) is 10.8 Å². The Morgan fingerprint density at radius 2 is 1.91 bits per heavy atom. The van der Waals surface area contributed by atoms with Crippen molar-refractivity contribution in [2.24, 2.45) is 0 Å². The van der Waals surface area contributed by atoms with Gasteiger partial charge in [-0.05, 0) is 51.1 Å². The van der Waals surface area contributed by atoms with Crippen LogP contribution in [0.15, 0.2) is 56.9 Å². The summed E-state index contributed by atoms with van der Waals surface area (Å²) in [5, 5.41) is 3.31. The van der Waals surface area contributed by atoms with E-state index >= 15 is 0 Å². The average molecular weight is 498 g/mol. The second-order valence-corrected chi connectivity index (χ2v) is 11.6. The Bertz CT molecular complexity index is 1470. The summed E-state index contributed by atoms with van der Waals surface area (Å²) in [4.78, 5) is 16.7. The lowest BCUT2D eigenvalue weighted by molar-refractivity contribution is -0.115. The summed E-state index contributed by atoms with van der Waals surface area (Å²) in [5.74, 6) is 6.27. The van der Waals surface area contributed by atoms with E-state index in [0.717, 1.165) is 5.39 Å². The summed E-state index contributed by atoms with van der Waals surface area (Å²) in [6, 6.07) is 8.10. The standard InChI is InChI=1S/C23H19N3O4S3/c1-23(2,3)26-33(28,29)18-8-5-14(6-9-18)4-7-15-12-24-13-16-10-17(30-20(15)16)11-19-21(27)25-22(31)32-19/h5-6,8-13,26H,1-3H3,(H,25,27,31). The average Bonchev–Trinajstić information content (AvgIpc) is 3.27. The first-order chi connectivity index (χ1) is 15.5. The minimum atomic E-state index is -3.61. The maximum Gasteiger partial charge on any atom is 0.263 e. The number of hydrogen-bond acceptors (Lipinski definition) is 7. The zero-order chi connectivity index (χ0) is 23.8. The molecule has 168 valence electrons. The van der Waals surface area contributed by atoms with Gasteiger partial charge < -0.3 is 9.73 Å². The number of carbonyl (C=O) groups excluding carboxylic acids is 1. The van der Waals surface area contributed by atoms with Crippen molar-refractivity contribution in [1.82, 2.24) is 15.0 Å². The van der Waals surface area contributed by atoms with Crippen LogP contribution in [-0.4, -0.2) is 29.2 Å². The van der Waals surface area contributed by atoms with Gasteiger partial charge in [-0.2, -0.15) is 0 Å². The molecule has 0 radical (unpaired) electrons. The summed E-state index contributed by atoms with van der Waals surface area (Å²) in [6.45, 7) is 5.35. The number of amides is 1. The van der Waals surface area contributed by atoms with Crippen molar-refractivity contribution >= 4 is 61.3 Å². The Balaban J connectivity index is 1.60. The largest absolute Gasteiger partial charge is 0.455 e. The highest BCUT2D eigenvalue weighted by atomic mass is 32.2. The van der Waals surface area contributed by atoms with Crippen LogP contribution in [0, 0.1) is 11.8 Å². The predicted molar refractivity (Wildman–Crippen MR) is 133 cm³/mol. The van der Waals surface area contributed by atoms with E-state index in [1.807, 2.05) is 0 Å². The summed E-state index contributed by atoms with van der Waals surface area (Å²) in [6.07, 6.45) is 4.87. The van der Waals surface area contributed by atoms with Crippen molar-refractivity contribution in [2.45, 2.75) is 31.2 Å². The molecule has 0 atom stereocenters. The summed E-state index contributed by atoms with van der Waals surface area (Å²) in [5.41, 5.74) is 1.18. The number of benzene rings is 1. The number of furan rings is 1. The fraction of sp³-hybridized carbons (Fsp3) is 0.174. The fourth-order valence-corrected chi connectivity index (χ4v) is 5.45. The van der Waals surface area contributed by atoms with E-state index in [2.05, 4.69) is 26.9 Å². The Labute approximate surface area is 201 Å². The summed E-state index contributed by atoms with van der Waals surface area (Å²) in [7, 11) is -3.61. The number of sulfonamides is 1. The second kappa shape index (κ2) is 8.76. The zero-order valence-corrected chi connectivity index (χ0v) is 20.4. The number of thiocarbonyl (C=S) groups is 1. The molecule has 1 aliphatic heterocycles. The minimum Gasteiger partial charge on any atom is -0.455 e. The molecule has 0 unspecified atom stereocenters. The Kier molecular flexibility index (Phi) is 6.16. The van der Waals surface area contributed by atoms with Crippen molar-refractivity contribution in [2.75, 3.05) is 0 Å². The number of rotatable bonds is 3. The van der Waals surface area contributed by atoms with Gasteiger partial charge in [0.05, 0.1) is 15.4 Å². The van der Waals surface area contributed by atoms with Gasteiger partial charge in [-0.25, -0.2) is 13.1 Å². The van der Waals surface area contributed by atoms with Gasteiger partial charge in [0.2, 0.25) is 10.0 Å². The van der Waals surface area contributed by atoms with E-state index in [1.54, 1.807) is 57.4 Å². The summed E-state index contributed by atoms with van der Waals surface area (Å²) >= 11 is 6.18. The molecule has 1 saturated heterocycles. The molecule has 1 aromatic carbocycles. The zero-order valence-electron chi connectivity index (χ0n) is 17.9. The maximum atomic E-state index is 12.4. The van der Waals surface area contributed by atoms with Crippen LogP contribution in [0.1, 0.15) is 37.7 Å². The minimum absolute atomic E-state index is 0.170. The first-order valence-electron chi connectivity index (χ1n) is 9.79. The molecule has 0 saturated carbocycles. The Morgan fingerprint density at radius 3 is 2.55 bits per heavy atom. The first kappa shape index (κ1) is 23.2. The normalized spacial score (nSPS) is 15.5. The fourth-order valence-electron chi connectivity index (χ4n) is 3.01. The van der Waals surface area contributed by atoms with Crippen molar-refractivity contribution < 1.29 is 17.6 Å². The van der Waals surface area contributed by atoms with E-state index in [1.165, 1.54) is 23.9 Å². The number of thioether (sulfide) groups is 1. The lowest BCUT2D eigenvalue weighted by Crippen LogP contribution is -2.40. The van der Waals surface area contributed by atoms with Crippen LogP contribution < -0.4 is 10.0 Å². The smallest absolute Gasteiger partial charge is 0.263 e. The van der Waals surface area contributed by atoms with E-state index in [9.17, 15) is 13.2 Å². The third-order valence-corrected chi connectivity index (χ3v) is 7.24. The molecule has 0 aliphatic carbocycles. The summed E-state index contributed by atoms with van der Waals surface area (Å²) < 4.78 is 33.8. The molecule has 7 nitrogen and oxygen atoms in total. The van der Waals surface area contributed by atoms with Gasteiger partial charge in [0.15, 0.2) is 5.58 Å². The highest BCUT2D eigenvalue weighted by Gasteiger charge is 2.23. The van der Waals surface area contributed by atoms with Crippen LogP contribution in [0.3, 0.4) is 0 Å². The lowest BCUT2D eigenvalue weighted by atomic mass is 10.1. The molecule has 2 N–H and O–H groups in total. The molecule has 0 spiro atoms. The number of pyridine rings is 1. The maximum absolute atomic E-state index is 12.4. The highest BCUT2D eigenvalue weighted by Crippen LogP contribution is 2.29. The van der Waals surface area contributed by atoms with Crippen molar-refractivity contribution in [3.8, 4) is 11.8 Å². The van der Waals surface area contributed by atoms with E-state index in [4.69, 9.17) is 16.6 Å². The molecule has 4 rings (SSSR count). The SMILES string of the molecule is CC(C)(C)NS(=O)(=O)c1ccc(C#Cc2cncc3cc(C=C4SC(=S)NC4=O)oc23)cc1. The molecule has 3 heterocycles. The lowest BCUT2D eigenvalue weighted by Gasteiger charge is -2.20. The van der Waals surface area contributed by atoms with Gasteiger partial charge in [-0.15, -0.1) is 0 Å². The predicted octanol–water partition coefficient (Wildman–Crippen LogP) is 3.79. The molecular weight excluding hydrogens is 478 g/mol. The van der Waals surface area contributed by atoms with Gasteiger partial charge in [0.1, 0.15) is 10.1 Å². The van der Waals surface area contributed by atoms with Gasteiger partial charge in [0, 0.05) is 35.0 Å². The van der Waals surface area contributed by atoms with Crippen LogP contribution in [0.5, 0.6) is 0 Å². The van der Waals surface area contributed by atoms with Gasteiger partial charge >= 0.3 is 0 Å². The molecule has 33 heavy (non-hydrogen) atoms. The van der Waals surface area contributed by atoms with Crippen molar-refractivity contribution in [3.05, 3.63) is 64.5 Å². The molecule has 2 aromatic heterocycles. The van der Waals surface area contributed by atoms with Gasteiger partial charge in [-0.1, -0.05) is 35.8 Å². The molecular formula is C23H19N3O4S3. The number of carbonyl (C=O) groups is 1.